The summed E-state index contributed by atoms with van der Waals surface area (Å²) < 4.78 is 11.0. The molecular formula is C19H16N4O3. The molecule has 2 N–H and O–H groups in total. The van der Waals surface area contributed by atoms with E-state index in [0.29, 0.717) is 17.1 Å². The first-order chi connectivity index (χ1) is 12.7. The number of aromatic amines is 2. The maximum Gasteiger partial charge on any atom is 0.247 e. The normalized spacial score (nSPS) is 10.8. The molecule has 7 nitrogen and oxygen atoms in total. The van der Waals surface area contributed by atoms with Crippen molar-refractivity contribution in [2.24, 2.45) is 0 Å². The lowest BCUT2D eigenvalue weighted by Crippen LogP contribution is -2.01. The number of hydrogen-bond acceptors (Lipinski definition) is 5. The van der Waals surface area contributed by atoms with E-state index in [2.05, 4.69) is 20.2 Å². The van der Waals surface area contributed by atoms with Crippen LogP contribution in [0.4, 0.5) is 0 Å². The van der Waals surface area contributed by atoms with Gasteiger partial charge in [-0.3, -0.25) is 9.89 Å². The van der Waals surface area contributed by atoms with Gasteiger partial charge in [0.15, 0.2) is 5.65 Å². The predicted molar refractivity (Wildman–Crippen MR) is 98.5 cm³/mol. The molecule has 0 amide bonds. The molecule has 130 valence electrons. The summed E-state index contributed by atoms with van der Waals surface area (Å²) >= 11 is 0. The number of ether oxygens (including phenoxy) is 2. The van der Waals surface area contributed by atoms with Gasteiger partial charge in [0.1, 0.15) is 11.5 Å². The molecule has 0 bridgehead atoms. The highest BCUT2D eigenvalue weighted by molar-refractivity contribution is 5.95. The van der Waals surface area contributed by atoms with Crippen LogP contribution in [0.1, 0.15) is 0 Å². The van der Waals surface area contributed by atoms with Crippen molar-refractivity contribution in [3.63, 3.8) is 0 Å². The summed E-state index contributed by atoms with van der Waals surface area (Å²) in [5, 5.41) is 8.22. The van der Waals surface area contributed by atoms with Crippen molar-refractivity contribution in [3.8, 4) is 34.0 Å². The molecule has 0 atom stereocenters. The average molecular weight is 348 g/mol. The van der Waals surface area contributed by atoms with Gasteiger partial charge < -0.3 is 14.5 Å². The largest absolute Gasteiger partial charge is 0.496 e. The fourth-order valence-corrected chi connectivity index (χ4v) is 2.92. The Labute approximate surface area is 148 Å². The van der Waals surface area contributed by atoms with Crippen LogP contribution in [-0.4, -0.2) is 34.4 Å². The Kier molecular flexibility index (Phi) is 3.89. The molecule has 0 aliphatic heterocycles. The van der Waals surface area contributed by atoms with E-state index in [-0.39, 0.29) is 5.56 Å². The van der Waals surface area contributed by atoms with Crippen LogP contribution in [0.15, 0.2) is 53.5 Å². The second kappa shape index (κ2) is 6.36. The Morgan fingerprint density at radius 3 is 2.38 bits per heavy atom. The Morgan fingerprint density at radius 2 is 1.73 bits per heavy atom. The van der Waals surface area contributed by atoms with Crippen LogP contribution < -0.4 is 15.0 Å². The van der Waals surface area contributed by atoms with E-state index in [0.717, 1.165) is 27.9 Å². The van der Waals surface area contributed by atoms with Crippen LogP contribution >= 0.6 is 0 Å². The minimum atomic E-state index is -0.153. The number of hydrogen-bond donors (Lipinski definition) is 2. The summed E-state index contributed by atoms with van der Waals surface area (Å²) in [6, 6.07) is 12.6. The molecule has 3 aromatic heterocycles. The zero-order chi connectivity index (χ0) is 18.1. The lowest BCUT2D eigenvalue weighted by atomic mass is 10.1. The van der Waals surface area contributed by atoms with Gasteiger partial charge >= 0.3 is 0 Å². The maximum atomic E-state index is 11.2. The van der Waals surface area contributed by atoms with Crippen molar-refractivity contribution in [2.45, 2.75) is 0 Å². The van der Waals surface area contributed by atoms with Gasteiger partial charge in [0.05, 0.1) is 31.2 Å². The molecule has 0 radical (unpaired) electrons. The number of nitrogens with one attached hydrogen (secondary N) is 2. The summed E-state index contributed by atoms with van der Waals surface area (Å²) in [5.74, 6) is 1.36. The Hall–Kier alpha value is -3.61. The highest BCUT2D eigenvalue weighted by Gasteiger charge is 2.18. The molecule has 0 aliphatic rings. The molecule has 7 heteroatoms. The number of rotatable bonds is 4. The maximum absolute atomic E-state index is 11.2. The van der Waals surface area contributed by atoms with Gasteiger partial charge in [-0.15, -0.1) is 0 Å². The fourth-order valence-electron chi connectivity index (χ4n) is 2.92. The summed E-state index contributed by atoms with van der Waals surface area (Å²) in [5.41, 5.74) is 3.51. The second-order valence-corrected chi connectivity index (χ2v) is 5.65. The van der Waals surface area contributed by atoms with Crippen molar-refractivity contribution in [1.29, 1.82) is 0 Å². The summed E-state index contributed by atoms with van der Waals surface area (Å²) in [6.07, 6.45) is 1.63. The van der Waals surface area contributed by atoms with Gasteiger partial charge in [-0.1, -0.05) is 6.07 Å². The standard InChI is InChI=1S/C19H16N4O3/c1-25-14-4-3-5-15(26-2)17(14)18-12-7-8-13(21-19(12)23-22-18)11-6-9-16(24)20-10-11/h3-10H,1-2H3,(H,20,24)(H,21,22,23). The third-order valence-electron chi connectivity index (χ3n) is 4.18. The smallest absolute Gasteiger partial charge is 0.247 e. The number of benzene rings is 1. The van der Waals surface area contributed by atoms with E-state index in [1.165, 1.54) is 6.07 Å². The van der Waals surface area contributed by atoms with Crippen molar-refractivity contribution in [2.75, 3.05) is 14.2 Å². The lowest BCUT2D eigenvalue weighted by molar-refractivity contribution is 0.397. The summed E-state index contributed by atoms with van der Waals surface area (Å²) in [6.45, 7) is 0. The topological polar surface area (TPSA) is 92.9 Å². The molecule has 0 unspecified atom stereocenters. The first-order valence-corrected chi connectivity index (χ1v) is 7.97. The van der Waals surface area contributed by atoms with Gasteiger partial charge in [0.25, 0.3) is 0 Å². The van der Waals surface area contributed by atoms with E-state index in [9.17, 15) is 4.79 Å². The van der Waals surface area contributed by atoms with Gasteiger partial charge in [-0.25, -0.2) is 4.98 Å². The summed E-state index contributed by atoms with van der Waals surface area (Å²) in [7, 11) is 3.23. The first-order valence-electron chi connectivity index (χ1n) is 7.97. The number of H-pyrrole nitrogens is 2. The second-order valence-electron chi connectivity index (χ2n) is 5.65. The molecular weight excluding hydrogens is 332 g/mol. The molecule has 4 rings (SSSR count). The van der Waals surface area contributed by atoms with Crippen LogP contribution in [0, 0.1) is 0 Å². The Morgan fingerprint density at radius 1 is 0.962 bits per heavy atom. The van der Waals surface area contributed by atoms with E-state index in [1.807, 2.05) is 30.3 Å². The average Bonchev–Trinajstić information content (AvgIpc) is 3.10. The lowest BCUT2D eigenvalue weighted by Gasteiger charge is -2.11. The van der Waals surface area contributed by atoms with Gasteiger partial charge in [0, 0.05) is 23.2 Å². The minimum absolute atomic E-state index is 0.153. The van der Waals surface area contributed by atoms with Crippen LogP contribution in [0.5, 0.6) is 11.5 Å². The van der Waals surface area contributed by atoms with E-state index in [4.69, 9.17) is 9.47 Å². The van der Waals surface area contributed by atoms with Gasteiger partial charge in [-0.2, -0.15) is 5.10 Å². The Bertz CT molecular complexity index is 1100. The zero-order valence-corrected chi connectivity index (χ0v) is 14.2. The van der Waals surface area contributed by atoms with Crippen molar-refractivity contribution in [1.82, 2.24) is 20.2 Å². The minimum Gasteiger partial charge on any atom is -0.496 e. The third kappa shape index (κ3) is 2.59. The molecule has 26 heavy (non-hydrogen) atoms. The highest BCUT2D eigenvalue weighted by Crippen LogP contribution is 2.40. The first kappa shape index (κ1) is 15.9. The van der Waals surface area contributed by atoms with Crippen LogP contribution in [0.25, 0.3) is 33.5 Å². The zero-order valence-electron chi connectivity index (χ0n) is 14.2. The molecule has 0 saturated carbocycles. The number of pyridine rings is 2. The molecule has 0 saturated heterocycles. The Balaban J connectivity index is 1.87. The van der Waals surface area contributed by atoms with Gasteiger partial charge in [-0.05, 0) is 30.3 Å². The van der Waals surface area contributed by atoms with Gasteiger partial charge in [0.2, 0.25) is 5.56 Å². The van der Waals surface area contributed by atoms with Crippen molar-refractivity contribution in [3.05, 3.63) is 59.0 Å². The summed E-state index contributed by atoms with van der Waals surface area (Å²) in [4.78, 5) is 18.5. The van der Waals surface area contributed by atoms with E-state index in [1.54, 1.807) is 26.5 Å². The quantitative estimate of drug-likeness (QED) is 0.591. The van der Waals surface area contributed by atoms with Crippen LogP contribution in [-0.2, 0) is 0 Å². The molecule has 0 aliphatic carbocycles. The third-order valence-corrected chi connectivity index (χ3v) is 4.18. The molecule has 1 aromatic carbocycles. The van der Waals surface area contributed by atoms with Crippen molar-refractivity contribution >= 4 is 11.0 Å². The fraction of sp³-hybridized carbons (Fsp3) is 0.105. The van der Waals surface area contributed by atoms with E-state index < -0.39 is 0 Å². The predicted octanol–water partition coefficient (Wildman–Crippen LogP) is 3.00. The molecule has 0 spiro atoms. The van der Waals surface area contributed by atoms with E-state index >= 15 is 0 Å². The molecule has 4 aromatic rings. The number of nitrogens with zero attached hydrogens (tertiary/aromatic N) is 2. The number of fused-ring (bicyclic) bond motifs is 1. The highest BCUT2D eigenvalue weighted by atomic mass is 16.5. The van der Waals surface area contributed by atoms with Crippen LogP contribution in [0.3, 0.4) is 0 Å². The molecule has 3 heterocycles. The van der Waals surface area contributed by atoms with Crippen LogP contribution in [0.2, 0.25) is 0 Å². The number of methoxy groups -OCH3 is 2. The van der Waals surface area contributed by atoms with Crippen molar-refractivity contribution < 1.29 is 9.47 Å². The number of aromatic nitrogens is 4. The molecule has 0 fully saturated rings. The monoisotopic (exact) mass is 348 g/mol. The SMILES string of the molecule is COc1cccc(OC)c1-c1[nH]nc2nc(-c3ccc(=O)[nH]c3)ccc12.